The van der Waals surface area contributed by atoms with Crippen LogP contribution >= 0.6 is 11.8 Å². The van der Waals surface area contributed by atoms with Gasteiger partial charge < -0.3 is 5.11 Å². The molecule has 0 spiro atoms. The fourth-order valence-electron chi connectivity index (χ4n) is 2.10. The van der Waals surface area contributed by atoms with Crippen molar-refractivity contribution in [1.29, 1.82) is 0 Å². The number of carbonyl (C=O) groups is 1. The smallest absolute Gasteiger partial charge is 0.191 e. The molecule has 100 valence electrons. The number of aromatic hydroxyl groups is 1. The number of phenols is 1. The predicted octanol–water partition coefficient (Wildman–Crippen LogP) is 3.90. The van der Waals surface area contributed by atoms with Gasteiger partial charge in [-0.15, -0.1) is 11.8 Å². The number of ketones is 1. The van der Waals surface area contributed by atoms with Gasteiger partial charge in [0.25, 0.3) is 0 Å². The summed E-state index contributed by atoms with van der Waals surface area (Å²) in [6, 6.07) is 11.2. The second-order valence-electron chi connectivity index (χ2n) is 4.50. The topological polar surface area (TPSA) is 37.3 Å². The molecule has 2 aromatic rings. The molecule has 0 amide bonds. The van der Waals surface area contributed by atoms with Gasteiger partial charge in [-0.1, -0.05) is 18.2 Å². The Hall–Kier alpha value is -2.07. The molecule has 20 heavy (non-hydrogen) atoms. The van der Waals surface area contributed by atoms with Gasteiger partial charge in [-0.05, 0) is 35.9 Å². The number of benzene rings is 2. The van der Waals surface area contributed by atoms with Crippen LogP contribution in [0.3, 0.4) is 0 Å². The Bertz CT molecular complexity index is 705. The molecule has 0 atom stereocenters. The first-order valence-electron chi connectivity index (χ1n) is 6.11. The lowest BCUT2D eigenvalue weighted by atomic mass is 10.0. The highest BCUT2D eigenvalue weighted by Gasteiger charge is 2.24. The highest BCUT2D eigenvalue weighted by atomic mass is 32.2. The summed E-state index contributed by atoms with van der Waals surface area (Å²) in [7, 11) is 0. The van der Waals surface area contributed by atoms with Gasteiger partial charge in [0, 0.05) is 16.9 Å². The van der Waals surface area contributed by atoms with Crippen molar-refractivity contribution in [2.24, 2.45) is 0 Å². The van der Waals surface area contributed by atoms with Crippen LogP contribution in [0.15, 0.2) is 52.9 Å². The first-order chi connectivity index (χ1) is 9.65. The van der Waals surface area contributed by atoms with E-state index in [1.807, 2.05) is 0 Å². The Morgan fingerprint density at radius 3 is 2.65 bits per heavy atom. The van der Waals surface area contributed by atoms with Crippen LogP contribution in [-0.4, -0.2) is 16.6 Å². The Balaban J connectivity index is 1.98. The lowest BCUT2D eigenvalue weighted by Crippen LogP contribution is -2.13. The number of phenolic OH excluding ortho intramolecular Hbond substituents is 1. The number of rotatable bonds is 1. The van der Waals surface area contributed by atoms with E-state index in [4.69, 9.17) is 0 Å². The van der Waals surface area contributed by atoms with Gasteiger partial charge >= 0.3 is 0 Å². The fraction of sp³-hybridized carbons (Fsp3) is 0.0625. The molecule has 2 aromatic carbocycles. The zero-order valence-corrected chi connectivity index (χ0v) is 11.3. The summed E-state index contributed by atoms with van der Waals surface area (Å²) in [5, 5.41) is 9.24. The van der Waals surface area contributed by atoms with Gasteiger partial charge in [0.2, 0.25) is 0 Å². The van der Waals surface area contributed by atoms with Crippen molar-refractivity contribution in [3.63, 3.8) is 0 Å². The molecule has 0 radical (unpaired) electrons. The number of fused-ring (bicyclic) bond motifs is 1. The molecule has 1 heterocycles. The van der Waals surface area contributed by atoms with Crippen molar-refractivity contribution in [2.75, 3.05) is 5.75 Å². The maximum absolute atomic E-state index is 13.6. The lowest BCUT2D eigenvalue weighted by molar-refractivity contribution is 0.103. The van der Waals surface area contributed by atoms with Crippen molar-refractivity contribution in [3.8, 4) is 5.75 Å². The molecular weight excluding hydrogens is 275 g/mol. The van der Waals surface area contributed by atoms with Crippen LogP contribution in [0, 0.1) is 5.82 Å². The SMILES string of the molecule is O=C1/C(=C/c2ccc(O)cc2)CSc2c(F)cccc21. The number of hydrogen-bond acceptors (Lipinski definition) is 3. The minimum absolute atomic E-state index is 0.133. The molecule has 0 fully saturated rings. The molecule has 0 saturated heterocycles. The Morgan fingerprint density at radius 1 is 1.15 bits per heavy atom. The van der Waals surface area contributed by atoms with Gasteiger partial charge in [0.15, 0.2) is 5.78 Å². The molecule has 1 aliphatic rings. The van der Waals surface area contributed by atoms with Crippen molar-refractivity contribution in [3.05, 3.63) is 65.0 Å². The number of halogens is 1. The van der Waals surface area contributed by atoms with Gasteiger partial charge in [-0.2, -0.15) is 0 Å². The minimum atomic E-state index is -0.343. The molecule has 0 saturated carbocycles. The van der Waals surface area contributed by atoms with Crippen LogP contribution in [0.25, 0.3) is 6.08 Å². The van der Waals surface area contributed by atoms with E-state index >= 15 is 0 Å². The quantitative estimate of drug-likeness (QED) is 0.808. The summed E-state index contributed by atoms with van der Waals surface area (Å²) in [4.78, 5) is 12.8. The summed E-state index contributed by atoms with van der Waals surface area (Å²) in [5.74, 6) is 0.160. The van der Waals surface area contributed by atoms with E-state index in [9.17, 15) is 14.3 Å². The number of Topliss-reactive ketones (excluding diaryl/α,β-unsaturated/α-hetero) is 1. The second-order valence-corrected chi connectivity index (χ2v) is 5.48. The van der Waals surface area contributed by atoms with Crippen LogP contribution in [0.2, 0.25) is 0 Å². The van der Waals surface area contributed by atoms with E-state index in [0.29, 0.717) is 21.8 Å². The van der Waals surface area contributed by atoms with Crippen molar-refractivity contribution in [2.45, 2.75) is 4.90 Å². The van der Waals surface area contributed by atoms with E-state index in [1.165, 1.54) is 17.8 Å². The van der Waals surface area contributed by atoms with Crippen molar-refractivity contribution >= 4 is 23.6 Å². The largest absolute Gasteiger partial charge is 0.508 e. The number of hydrogen-bond donors (Lipinski definition) is 1. The first-order valence-corrected chi connectivity index (χ1v) is 7.09. The summed E-state index contributed by atoms with van der Waals surface area (Å²) in [6.45, 7) is 0. The van der Waals surface area contributed by atoms with Crippen LogP contribution in [0.1, 0.15) is 15.9 Å². The molecule has 1 aliphatic heterocycles. The molecule has 4 heteroatoms. The molecule has 0 unspecified atom stereocenters. The average molecular weight is 286 g/mol. The van der Waals surface area contributed by atoms with Gasteiger partial charge in [0.1, 0.15) is 11.6 Å². The fourth-order valence-corrected chi connectivity index (χ4v) is 3.14. The normalized spacial score (nSPS) is 16.2. The lowest BCUT2D eigenvalue weighted by Gasteiger charge is -2.17. The minimum Gasteiger partial charge on any atom is -0.508 e. The summed E-state index contributed by atoms with van der Waals surface area (Å²) < 4.78 is 13.6. The predicted molar refractivity (Wildman–Crippen MR) is 77.5 cm³/mol. The number of carbonyl (C=O) groups excluding carboxylic acids is 1. The van der Waals surface area contributed by atoms with Gasteiger partial charge in [-0.25, -0.2) is 4.39 Å². The van der Waals surface area contributed by atoms with Gasteiger partial charge in [0.05, 0.1) is 4.90 Å². The third kappa shape index (κ3) is 2.34. The molecule has 2 nitrogen and oxygen atoms in total. The van der Waals surface area contributed by atoms with E-state index in [-0.39, 0.29) is 17.3 Å². The monoisotopic (exact) mass is 286 g/mol. The van der Waals surface area contributed by atoms with E-state index in [1.54, 1.807) is 42.5 Å². The Kier molecular flexibility index (Phi) is 3.32. The summed E-state index contributed by atoms with van der Waals surface area (Å²) in [6.07, 6.45) is 1.78. The zero-order valence-electron chi connectivity index (χ0n) is 10.5. The maximum atomic E-state index is 13.6. The zero-order chi connectivity index (χ0) is 14.1. The molecule has 0 aliphatic carbocycles. The van der Waals surface area contributed by atoms with Crippen molar-refractivity contribution in [1.82, 2.24) is 0 Å². The third-order valence-electron chi connectivity index (χ3n) is 3.11. The molecule has 3 rings (SSSR count). The highest BCUT2D eigenvalue weighted by Crippen LogP contribution is 2.35. The second kappa shape index (κ2) is 5.13. The van der Waals surface area contributed by atoms with Crippen LogP contribution in [0.4, 0.5) is 4.39 Å². The average Bonchev–Trinajstić information content (AvgIpc) is 2.45. The Morgan fingerprint density at radius 2 is 1.90 bits per heavy atom. The van der Waals surface area contributed by atoms with E-state index in [2.05, 4.69) is 0 Å². The summed E-state index contributed by atoms with van der Waals surface area (Å²) in [5.41, 5.74) is 1.90. The van der Waals surface area contributed by atoms with E-state index < -0.39 is 0 Å². The third-order valence-corrected chi connectivity index (χ3v) is 4.27. The standard InChI is InChI=1S/C16H11FO2S/c17-14-3-1-2-13-15(19)11(9-20-16(13)14)8-10-4-6-12(18)7-5-10/h1-8,18H,9H2/b11-8+. The van der Waals surface area contributed by atoms with Crippen LogP contribution < -0.4 is 0 Å². The molecule has 0 aromatic heterocycles. The Labute approximate surface area is 119 Å². The molecular formula is C16H11FO2S. The molecule has 1 N–H and O–H groups in total. The summed E-state index contributed by atoms with van der Waals surface area (Å²) >= 11 is 1.34. The van der Waals surface area contributed by atoms with Crippen LogP contribution in [-0.2, 0) is 0 Å². The first kappa shape index (κ1) is 12.9. The van der Waals surface area contributed by atoms with Gasteiger partial charge in [-0.3, -0.25) is 4.79 Å². The van der Waals surface area contributed by atoms with Crippen LogP contribution in [0.5, 0.6) is 5.75 Å². The van der Waals surface area contributed by atoms with E-state index in [0.717, 1.165) is 5.56 Å². The molecule has 0 bridgehead atoms. The number of thioether (sulfide) groups is 1. The highest BCUT2D eigenvalue weighted by molar-refractivity contribution is 7.99. The van der Waals surface area contributed by atoms with Crippen molar-refractivity contribution < 1.29 is 14.3 Å². The maximum Gasteiger partial charge on any atom is 0.191 e.